The van der Waals surface area contributed by atoms with Crippen molar-refractivity contribution in [1.29, 1.82) is 0 Å². The van der Waals surface area contributed by atoms with Crippen LogP contribution in [-0.4, -0.2) is 25.1 Å². The average Bonchev–Trinajstić information content (AvgIpc) is 3.26. The van der Waals surface area contributed by atoms with Gasteiger partial charge in [-0.05, 0) is 49.2 Å². The molecule has 6 nitrogen and oxygen atoms in total. The minimum absolute atomic E-state index is 0.214. The number of aromatic nitrogens is 4. The van der Waals surface area contributed by atoms with Gasteiger partial charge in [0.25, 0.3) is 5.91 Å². The van der Waals surface area contributed by atoms with E-state index in [1.165, 1.54) is 11.1 Å². The standard InChI is InChI=1S/C21H21N5O/c1-14-7-8-16(10-15(14)2)19-11-18(24-25(19)3)21(27)23-13-20-22-12-17-6-4-5-9-26(17)20/h4-12H,13H2,1-3H3,(H,23,27). The van der Waals surface area contributed by atoms with Gasteiger partial charge in [0.2, 0.25) is 0 Å². The Kier molecular flexibility index (Phi) is 4.24. The monoisotopic (exact) mass is 359 g/mol. The van der Waals surface area contributed by atoms with Crippen molar-refractivity contribution in [3.8, 4) is 11.3 Å². The van der Waals surface area contributed by atoms with Crippen LogP contribution in [0.3, 0.4) is 0 Å². The fourth-order valence-electron chi connectivity index (χ4n) is 3.13. The van der Waals surface area contributed by atoms with E-state index in [4.69, 9.17) is 0 Å². The van der Waals surface area contributed by atoms with Gasteiger partial charge in [0.1, 0.15) is 5.82 Å². The third-order valence-corrected chi connectivity index (χ3v) is 4.84. The molecule has 0 unspecified atom stereocenters. The van der Waals surface area contributed by atoms with Crippen LogP contribution in [0.25, 0.3) is 16.8 Å². The summed E-state index contributed by atoms with van der Waals surface area (Å²) >= 11 is 0. The van der Waals surface area contributed by atoms with Crippen molar-refractivity contribution < 1.29 is 4.79 Å². The van der Waals surface area contributed by atoms with E-state index in [-0.39, 0.29) is 5.91 Å². The maximum Gasteiger partial charge on any atom is 0.272 e. The zero-order valence-corrected chi connectivity index (χ0v) is 15.6. The first-order chi connectivity index (χ1) is 13.0. The lowest BCUT2D eigenvalue weighted by atomic mass is 10.0. The van der Waals surface area contributed by atoms with E-state index >= 15 is 0 Å². The minimum Gasteiger partial charge on any atom is -0.343 e. The molecule has 1 N–H and O–H groups in total. The highest BCUT2D eigenvalue weighted by Gasteiger charge is 2.15. The Hall–Kier alpha value is -3.41. The lowest BCUT2D eigenvalue weighted by Crippen LogP contribution is -2.24. The summed E-state index contributed by atoms with van der Waals surface area (Å²) in [6, 6.07) is 14.0. The summed E-state index contributed by atoms with van der Waals surface area (Å²) in [5.41, 5.74) is 5.81. The molecule has 1 aromatic carbocycles. The quantitative estimate of drug-likeness (QED) is 0.608. The van der Waals surface area contributed by atoms with Crippen LogP contribution < -0.4 is 5.32 Å². The molecule has 0 spiro atoms. The number of pyridine rings is 1. The molecular weight excluding hydrogens is 338 g/mol. The number of amides is 1. The van der Waals surface area contributed by atoms with Crippen molar-refractivity contribution in [1.82, 2.24) is 24.5 Å². The summed E-state index contributed by atoms with van der Waals surface area (Å²) in [4.78, 5) is 16.9. The van der Waals surface area contributed by atoms with Crippen LogP contribution in [0.1, 0.15) is 27.4 Å². The number of carbonyl (C=O) groups is 1. The molecule has 0 bridgehead atoms. The zero-order valence-electron chi connectivity index (χ0n) is 15.6. The maximum atomic E-state index is 12.6. The normalized spacial score (nSPS) is 11.1. The van der Waals surface area contributed by atoms with E-state index in [0.717, 1.165) is 22.6 Å². The topological polar surface area (TPSA) is 64.2 Å². The van der Waals surface area contributed by atoms with E-state index in [2.05, 4.69) is 47.4 Å². The van der Waals surface area contributed by atoms with Gasteiger partial charge in [-0.25, -0.2) is 4.98 Å². The summed E-state index contributed by atoms with van der Waals surface area (Å²) < 4.78 is 3.70. The van der Waals surface area contributed by atoms with Gasteiger partial charge in [-0.2, -0.15) is 5.10 Å². The molecule has 0 aliphatic rings. The number of carbonyl (C=O) groups excluding carboxylic acids is 1. The molecule has 0 atom stereocenters. The smallest absolute Gasteiger partial charge is 0.272 e. The van der Waals surface area contributed by atoms with E-state index in [1.54, 1.807) is 10.9 Å². The van der Waals surface area contributed by atoms with Crippen LogP contribution in [0.5, 0.6) is 0 Å². The van der Waals surface area contributed by atoms with Gasteiger partial charge in [0.15, 0.2) is 5.69 Å². The van der Waals surface area contributed by atoms with Crippen LogP contribution in [0.2, 0.25) is 0 Å². The Morgan fingerprint density at radius 2 is 1.96 bits per heavy atom. The van der Waals surface area contributed by atoms with E-state index in [1.807, 2.05) is 41.9 Å². The summed E-state index contributed by atoms with van der Waals surface area (Å²) in [6.07, 6.45) is 3.72. The number of nitrogens with zero attached hydrogens (tertiary/aromatic N) is 4. The zero-order chi connectivity index (χ0) is 19.0. The van der Waals surface area contributed by atoms with Crippen LogP contribution in [0.15, 0.2) is 54.9 Å². The second kappa shape index (κ2) is 6.72. The van der Waals surface area contributed by atoms with Gasteiger partial charge in [-0.15, -0.1) is 0 Å². The summed E-state index contributed by atoms with van der Waals surface area (Å²) in [5.74, 6) is 0.567. The largest absolute Gasteiger partial charge is 0.343 e. The predicted molar refractivity (Wildman–Crippen MR) is 104 cm³/mol. The highest BCUT2D eigenvalue weighted by atomic mass is 16.1. The first kappa shape index (κ1) is 17.0. The van der Waals surface area contributed by atoms with Gasteiger partial charge >= 0.3 is 0 Å². The number of hydrogen-bond donors (Lipinski definition) is 1. The fourth-order valence-corrected chi connectivity index (χ4v) is 3.13. The maximum absolute atomic E-state index is 12.6. The van der Waals surface area contributed by atoms with Crippen molar-refractivity contribution in [3.05, 3.63) is 77.5 Å². The first-order valence-electron chi connectivity index (χ1n) is 8.84. The predicted octanol–water partition coefficient (Wildman–Crippen LogP) is 3.28. The summed E-state index contributed by atoms with van der Waals surface area (Å²) in [5, 5.41) is 7.29. The van der Waals surface area contributed by atoms with Gasteiger partial charge in [0, 0.05) is 18.8 Å². The number of aryl methyl sites for hydroxylation is 3. The fraction of sp³-hybridized carbons (Fsp3) is 0.190. The van der Waals surface area contributed by atoms with E-state index < -0.39 is 0 Å². The molecule has 1 amide bonds. The second-order valence-electron chi connectivity index (χ2n) is 6.69. The minimum atomic E-state index is -0.214. The van der Waals surface area contributed by atoms with Crippen molar-refractivity contribution in [2.45, 2.75) is 20.4 Å². The number of rotatable bonds is 4. The highest BCUT2D eigenvalue weighted by Crippen LogP contribution is 2.22. The van der Waals surface area contributed by atoms with Gasteiger partial charge in [-0.3, -0.25) is 9.48 Å². The van der Waals surface area contributed by atoms with Crippen LogP contribution in [-0.2, 0) is 13.6 Å². The van der Waals surface area contributed by atoms with Crippen molar-refractivity contribution in [2.75, 3.05) is 0 Å². The third kappa shape index (κ3) is 3.21. The molecule has 0 aliphatic heterocycles. The van der Waals surface area contributed by atoms with Gasteiger partial charge in [-0.1, -0.05) is 18.2 Å². The van der Waals surface area contributed by atoms with Crippen molar-refractivity contribution >= 4 is 11.4 Å². The molecule has 3 heterocycles. The Labute approximate surface area is 157 Å². The Bertz CT molecular complexity index is 1140. The molecule has 4 aromatic rings. The molecule has 0 saturated carbocycles. The lowest BCUT2D eigenvalue weighted by Gasteiger charge is -2.05. The number of nitrogens with one attached hydrogen (secondary N) is 1. The molecule has 136 valence electrons. The number of hydrogen-bond acceptors (Lipinski definition) is 3. The second-order valence-corrected chi connectivity index (χ2v) is 6.69. The Morgan fingerprint density at radius 1 is 1.11 bits per heavy atom. The lowest BCUT2D eigenvalue weighted by molar-refractivity contribution is 0.0944. The molecular formula is C21H21N5O. The first-order valence-corrected chi connectivity index (χ1v) is 8.84. The van der Waals surface area contributed by atoms with Gasteiger partial charge < -0.3 is 9.72 Å². The van der Waals surface area contributed by atoms with Crippen LogP contribution >= 0.6 is 0 Å². The SMILES string of the molecule is Cc1ccc(-c2cc(C(=O)NCc3ncc4ccccn34)nn2C)cc1C. The summed E-state index contributed by atoms with van der Waals surface area (Å²) in [6.45, 7) is 4.50. The molecule has 27 heavy (non-hydrogen) atoms. The molecule has 0 saturated heterocycles. The van der Waals surface area contributed by atoms with Crippen molar-refractivity contribution in [3.63, 3.8) is 0 Å². The molecule has 4 rings (SSSR count). The summed E-state index contributed by atoms with van der Waals surface area (Å²) in [7, 11) is 1.85. The van der Waals surface area contributed by atoms with Gasteiger partial charge in [0.05, 0.1) is 24.0 Å². The van der Waals surface area contributed by atoms with Crippen LogP contribution in [0.4, 0.5) is 0 Å². The van der Waals surface area contributed by atoms with E-state index in [9.17, 15) is 4.79 Å². The third-order valence-electron chi connectivity index (χ3n) is 4.84. The number of fused-ring (bicyclic) bond motifs is 1. The molecule has 0 radical (unpaired) electrons. The number of imidazole rings is 1. The highest BCUT2D eigenvalue weighted by molar-refractivity contribution is 5.93. The Balaban J connectivity index is 1.53. The van der Waals surface area contributed by atoms with Crippen molar-refractivity contribution in [2.24, 2.45) is 7.05 Å². The molecule has 0 fully saturated rings. The molecule has 6 heteroatoms. The number of benzene rings is 1. The molecule has 0 aliphatic carbocycles. The average molecular weight is 359 g/mol. The van der Waals surface area contributed by atoms with E-state index in [0.29, 0.717) is 12.2 Å². The Morgan fingerprint density at radius 3 is 2.78 bits per heavy atom. The van der Waals surface area contributed by atoms with Crippen LogP contribution in [0, 0.1) is 13.8 Å². The molecule has 3 aromatic heterocycles.